The van der Waals surface area contributed by atoms with Crippen LogP contribution in [-0.4, -0.2) is 60.7 Å². The average molecular weight is 1650 g/mol. The molecule has 0 saturated heterocycles. The molecule has 0 aromatic heterocycles. The number of hydrogen-bond acceptors (Lipinski definition) is 4. The third-order valence-corrected chi connectivity index (χ3v) is 16.5. The van der Waals surface area contributed by atoms with Crippen LogP contribution in [0.5, 0.6) is 0 Å². The lowest BCUT2D eigenvalue weighted by Crippen LogP contribution is -2.12. The Kier molecular flexibility index (Phi) is 60.4. The van der Waals surface area contributed by atoms with Crippen LogP contribution in [0, 0.1) is 20.8 Å². The SMILES string of the molecule is C.C.C.C.C.CN(c1ccc(N(c2ccccc2)c2ccccc2)cc1)c1cccc2ccccc12.CN(c1ccccc1)c1cccc2ccccc12.CP.CP.CP.CP.CP.CP.CP.Cc1cc(-c2ccccc2)cc(-c2ccccc2)c1.Cc1ccc(N(c2ccccc2)c2ccccc2)cc1.Cc1ccccc1. The van der Waals surface area contributed by atoms with Crippen LogP contribution in [-0.2, 0) is 0 Å². The molecule has 7 unspecified atom stereocenters. The van der Waals surface area contributed by atoms with Crippen molar-refractivity contribution in [1.29, 1.82) is 0 Å². The van der Waals surface area contributed by atoms with Crippen molar-refractivity contribution in [3.63, 3.8) is 0 Å². The molecular weight excluding hydrogens is 1510 g/mol. The minimum Gasteiger partial charge on any atom is -0.344 e. The van der Waals surface area contributed by atoms with Crippen LogP contribution >= 0.6 is 64.7 Å². The van der Waals surface area contributed by atoms with Crippen LogP contribution in [0.1, 0.15) is 53.8 Å². The van der Waals surface area contributed by atoms with Gasteiger partial charge in [0.05, 0.1) is 0 Å². The molecule has 15 aromatic rings. The molecule has 0 heterocycles. The van der Waals surface area contributed by atoms with E-state index in [0.29, 0.717) is 0 Å². The first-order valence-corrected chi connectivity index (χ1v) is 44.6. The monoisotopic (exact) mass is 1640 g/mol. The summed E-state index contributed by atoms with van der Waals surface area (Å²) in [6.07, 6.45) is 0. The van der Waals surface area contributed by atoms with E-state index in [2.05, 4.69) is 477 Å². The van der Waals surface area contributed by atoms with E-state index in [4.69, 9.17) is 0 Å². The van der Waals surface area contributed by atoms with Crippen LogP contribution in [0.15, 0.2) is 394 Å². The Balaban J connectivity index is 0. The smallest absolute Gasteiger partial charge is 0.0487 e. The quantitative estimate of drug-likeness (QED) is 0.113. The average Bonchev–Trinajstić information content (AvgIpc) is 0.803. The van der Waals surface area contributed by atoms with Gasteiger partial charge in [-0.3, -0.25) is 0 Å². The van der Waals surface area contributed by atoms with Crippen molar-refractivity contribution in [1.82, 2.24) is 0 Å². The fraction of sp³-hybridized carbons (Fsp3) is 0.165. The highest BCUT2D eigenvalue weighted by molar-refractivity contribution is 7.16. The second-order valence-electron chi connectivity index (χ2n) is 23.3. The summed E-state index contributed by atoms with van der Waals surface area (Å²) < 4.78 is 0. The van der Waals surface area contributed by atoms with E-state index in [1.54, 1.807) is 0 Å². The first-order valence-electron chi connectivity index (χ1n) is 36.5. The molecule has 0 fully saturated rings. The topological polar surface area (TPSA) is 13.0 Å². The number of nitrogens with zero attached hydrogens (tertiary/aromatic N) is 4. The summed E-state index contributed by atoms with van der Waals surface area (Å²) in [6.45, 7) is 19.8. The molecule has 7 atom stereocenters. The predicted molar refractivity (Wildman–Crippen MR) is 554 cm³/mol. The molecule has 15 aromatic carbocycles. The first-order chi connectivity index (χ1) is 53.7. The summed E-state index contributed by atoms with van der Waals surface area (Å²) in [5, 5.41) is 5.07. The number of fused-ring (bicyclic) bond motifs is 2. The number of rotatable bonds is 12. The van der Waals surface area contributed by atoms with Crippen molar-refractivity contribution in [3.8, 4) is 22.3 Å². The van der Waals surface area contributed by atoms with Gasteiger partial charge in [-0.05, 0) is 175 Å². The fourth-order valence-corrected chi connectivity index (χ4v) is 11.6. The van der Waals surface area contributed by atoms with Crippen molar-refractivity contribution in [2.24, 2.45) is 0 Å². The molecule has 602 valence electrons. The number of para-hydroxylation sites is 5. The van der Waals surface area contributed by atoms with Crippen LogP contribution < -0.4 is 19.6 Å². The van der Waals surface area contributed by atoms with Crippen molar-refractivity contribution in [2.75, 3.05) is 80.3 Å². The van der Waals surface area contributed by atoms with Gasteiger partial charge < -0.3 is 19.6 Å². The molecule has 0 spiro atoms. The first kappa shape index (κ1) is 107. The molecule has 0 bridgehead atoms. The van der Waals surface area contributed by atoms with E-state index in [-0.39, 0.29) is 37.1 Å². The van der Waals surface area contributed by atoms with Gasteiger partial charge in [0.15, 0.2) is 0 Å². The zero-order valence-electron chi connectivity index (χ0n) is 65.9. The van der Waals surface area contributed by atoms with Crippen LogP contribution in [0.3, 0.4) is 0 Å². The van der Waals surface area contributed by atoms with Gasteiger partial charge in [-0.1, -0.05) is 374 Å². The second kappa shape index (κ2) is 64.3. The van der Waals surface area contributed by atoms with Crippen LogP contribution in [0.25, 0.3) is 43.8 Å². The Morgan fingerprint density at radius 2 is 0.386 bits per heavy atom. The number of hydrogen-bond donors (Lipinski definition) is 0. The summed E-state index contributed by atoms with van der Waals surface area (Å²) in [7, 11) is 21.2. The largest absolute Gasteiger partial charge is 0.344 e. The Hall–Kier alpha value is -8.97. The summed E-state index contributed by atoms with van der Waals surface area (Å²) in [4.78, 5) is 9.02. The highest BCUT2D eigenvalue weighted by Crippen LogP contribution is 2.39. The molecule has 0 aliphatic carbocycles. The third kappa shape index (κ3) is 34.2. The highest BCUT2D eigenvalue weighted by Gasteiger charge is 2.15. The van der Waals surface area contributed by atoms with E-state index in [1.165, 1.54) is 94.6 Å². The molecule has 0 saturated carbocycles. The molecule has 11 heteroatoms. The Morgan fingerprint density at radius 3 is 0.675 bits per heavy atom. The third-order valence-electron chi connectivity index (χ3n) is 16.5. The van der Waals surface area contributed by atoms with Crippen molar-refractivity contribution >= 4 is 143 Å². The van der Waals surface area contributed by atoms with E-state index >= 15 is 0 Å². The summed E-state index contributed by atoms with van der Waals surface area (Å²) in [6, 6.07) is 138. The van der Waals surface area contributed by atoms with Gasteiger partial charge in [-0.25, -0.2) is 0 Å². The maximum absolute atomic E-state index is 2.42. The minimum atomic E-state index is 0. The maximum atomic E-state index is 2.42. The van der Waals surface area contributed by atoms with Crippen LogP contribution in [0.4, 0.5) is 56.9 Å². The predicted octanol–water partition coefficient (Wildman–Crippen LogP) is 32.1. The molecule has 0 radical (unpaired) electrons. The lowest BCUT2D eigenvalue weighted by Gasteiger charge is -2.27. The fourth-order valence-electron chi connectivity index (χ4n) is 11.6. The normalized spacial score (nSPS) is 9.01. The standard InChI is InChI=1S/C29H24N2.C19H17N.C19H16.C17H15N.C7H8.7CH5P.5CH4/c1-30(29-18-10-12-23-11-8-9-17-28(23)29)24-19-21-27(22-20-24)31(25-13-4-2-5-14-25)26-15-6-3-7-16-26;1-16-12-14-19(15-13-16)20(17-8-4-2-5-9-17)18-10-6-3-7-11-18;1-15-12-18(16-8-4-2-5-9-16)14-19(13-15)17-10-6-3-7-11-17;1-18(15-10-3-2-4-11-15)17-13-7-9-14-8-5-6-12-16(14)17;1-7-5-3-2-4-6-7;7*1-2;;;;;/h2-22H,1H3;2-15H,1H3;2-14H,1H3;2-13H,1H3;2-6H,1H3;7*2H2,1H3;5*1H4. The molecule has 114 heavy (non-hydrogen) atoms. The maximum Gasteiger partial charge on any atom is 0.0487 e. The molecule has 4 nitrogen and oxygen atoms in total. The number of aryl methyl sites for hydroxylation is 3. The Morgan fingerprint density at radius 1 is 0.175 bits per heavy atom. The van der Waals surface area contributed by atoms with Crippen LogP contribution in [0.2, 0.25) is 0 Å². The van der Waals surface area contributed by atoms with E-state index in [1.807, 2.05) is 83.1 Å². The van der Waals surface area contributed by atoms with Gasteiger partial charge in [0, 0.05) is 81.7 Å². The van der Waals surface area contributed by atoms with Gasteiger partial charge in [-0.15, -0.1) is 64.7 Å². The van der Waals surface area contributed by atoms with Crippen molar-refractivity contribution in [3.05, 3.63) is 411 Å². The number of anilines is 10. The lowest BCUT2D eigenvalue weighted by molar-refractivity contribution is 1.21. The summed E-state index contributed by atoms with van der Waals surface area (Å²) in [5.41, 5.74) is 20.7. The molecule has 0 aliphatic heterocycles. The molecule has 0 amide bonds. The lowest BCUT2D eigenvalue weighted by atomic mass is 9.97. The Labute approximate surface area is 709 Å². The molecule has 0 aliphatic rings. The second-order valence-corrected chi connectivity index (χ2v) is 23.3. The molecule has 0 N–H and O–H groups in total. The van der Waals surface area contributed by atoms with Gasteiger partial charge in [0.25, 0.3) is 0 Å². The highest BCUT2D eigenvalue weighted by atomic mass is 31.0. The van der Waals surface area contributed by atoms with Crippen molar-refractivity contribution in [2.45, 2.75) is 57.9 Å². The van der Waals surface area contributed by atoms with E-state index in [9.17, 15) is 0 Å². The zero-order valence-corrected chi connectivity index (χ0v) is 73.9. The van der Waals surface area contributed by atoms with Gasteiger partial charge >= 0.3 is 0 Å². The summed E-state index contributed by atoms with van der Waals surface area (Å²) in [5.74, 6) is 0. The Bertz CT molecular complexity index is 4620. The summed E-state index contributed by atoms with van der Waals surface area (Å²) >= 11 is 0. The van der Waals surface area contributed by atoms with Gasteiger partial charge in [0.2, 0.25) is 0 Å². The van der Waals surface area contributed by atoms with E-state index < -0.39 is 0 Å². The van der Waals surface area contributed by atoms with Gasteiger partial charge in [0.1, 0.15) is 0 Å². The van der Waals surface area contributed by atoms with Gasteiger partial charge in [-0.2, -0.15) is 0 Å². The molecular formula is C103H135N4P7. The van der Waals surface area contributed by atoms with E-state index in [0.717, 1.165) is 22.7 Å². The van der Waals surface area contributed by atoms with Crippen molar-refractivity contribution < 1.29 is 0 Å². The zero-order chi connectivity index (χ0) is 79.4. The molecule has 15 rings (SSSR count). The minimum absolute atomic E-state index is 0. The number of benzene rings is 15.